The van der Waals surface area contributed by atoms with E-state index in [0.717, 1.165) is 35.8 Å². The Morgan fingerprint density at radius 3 is 2.83 bits per heavy atom. The molecule has 1 aliphatic rings. The summed E-state index contributed by atoms with van der Waals surface area (Å²) in [5.41, 5.74) is 0. The number of benzene rings is 1. The lowest BCUT2D eigenvalue weighted by Gasteiger charge is -2.31. The second kappa shape index (κ2) is 7.32. The molecule has 2 aromatic rings. The summed E-state index contributed by atoms with van der Waals surface area (Å²) in [4.78, 5) is 13.2. The Bertz CT molecular complexity index is 743. The fourth-order valence-corrected chi connectivity index (χ4v) is 6.03. The van der Waals surface area contributed by atoms with Crippen LogP contribution in [0, 0.1) is 0 Å². The summed E-state index contributed by atoms with van der Waals surface area (Å²) in [6.45, 7) is 1.94. The SMILES string of the molecule is CC[S@](=O)[C@H]1CCCC[C@H]1NC(=O)c1sc2ccccc2c1Cl. The van der Waals surface area contributed by atoms with Gasteiger partial charge in [0.05, 0.1) is 10.3 Å². The number of halogens is 1. The van der Waals surface area contributed by atoms with E-state index >= 15 is 0 Å². The zero-order chi connectivity index (χ0) is 16.4. The molecule has 0 aliphatic heterocycles. The third kappa shape index (κ3) is 3.47. The Balaban J connectivity index is 1.82. The molecular weight excluding hydrogens is 350 g/mol. The minimum Gasteiger partial charge on any atom is -0.347 e. The Hall–Kier alpha value is -0.910. The van der Waals surface area contributed by atoms with Crippen molar-refractivity contribution in [3.05, 3.63) is 34.2 Å². The number of rotatable bonds is 4. The first-order valence-corrected chi connectivity index (χ1v) is 10.5. The maximum absolute atomic E-state index is 12.7. The van der Waals surface area contributed by atoms with E-state index in [9.17, 15) is 9.00 Å². The fourth-order valence-electron chi connectivity index (χ4n) is 3.18. The van der Waals surface area contributed by atoms with Crippen LogP contribution in [0.15, 0.2) is 24.3 Å². The molecule has 0 spiro atoms. The van der Waals surface area contributed by atoms with E-state index in [4.69, 9.17) is 11.6 Å². The predicted molar refractivity (Wildman–Crippen MR) is 99.0 cm³/mol. The molecule has 1 aromatic heterocycles. The summed E-state index contributed by atoms with van der Waals surface area (Å²) in [5.74, 6) is 0.502. The van der Waals surface area contributed by atoms with E-state index in [1.807, 2.05) is 31.2 Å². The van der Waals surface area contributed by atoms with Gasteiger partial charge in [0.1, 0.15) is 4.88 Å². The molecule has 1 heterocycles. The Morgan fingerprint density at radius 2 is 2.09 bits per heavy atom. The molecule has 3 atom stereocenters. The molecule has 0 radical (unpaired) electrons. The van der Waals surface area contributed by atoms with Gasteiger partial charge in [0.15, 0.2) is 0 Å². The van der Waals surface area contributed by atoms with Crippen molar-refractivity contribution in [2.45, 2.75) is 43.9 Å². The van der Waals surface area contributed by atoms with Crippen molar-refractivity contribution in [3.8, 4) is 0 Å². The van der Waals surface area contributed by atoms with E-state index < -0.39 is 10.8 Å². The number of thiophene rings is 1. The quantitative estimate of drug-likeness (QED) is 0.870. The third-order valence-electron chi connectivity index (χ3n) is 4.38. The van der Waals surface area contributed by atoms with Gasteiger partial charge in [-0.05, 0) is 18.9 Å². The molecule has 0 bridgehead atoms. The van der Waals surface area contributed by atoms with Crippen molar-refractivity contribution < 1.29 is 9.00 Å². The molecule has 3 rings (SSSR count). The summed E-state index contributed by atoms with van der Waals surface area (Å²) in [5, 5.41) is 4.60. The highest BCUT2D eigenvalue weighted by atomic mass is 35.5. The van der Waals surface area contributed by atoms with Crippen LogP contribution < -0.4 is 5.32 Å². The summed E-state index contributed by atoms with van der Waals surface area (Å²) in [6, 6.07) is 7.75. The molecule has 6 heteroatoms. The van der Waals surface area contributed by atoms with Gasteiger partial charge in [-0.3, -0.25) is 9.00 Å². The third-order valence-corrected chi connectivity index (χ3v) is 7.87. The monoisotopic (exact) mass is 369 g/mol. The van der Waals surface area contributed by atoms with Crippen molar-refractivity contribution in [1.29, 1.82) is 0 Å². The minimum absolute atomic E-state index is 0.0155. The molecule has 3 nitrogen and oxygen atoms in total. The number of hydrogen-bond donors (Lipinski definition) is 1. The summed E-state index contributed by atoms with van der Waals surface area (Å²) >= 11 is 7.80. The van der Waals surface area contributed by atoms with Crippen molar-refractivity contribution in [2.24, 2.45) is 0 Å². The summed E-state index contributed by atoms with van der Waals surface area (Å²) < 4.78 is 13.3. The van der Waals surface area contributed by atoms with Crippen LogP contribution in [0.3, 0.4) is 0 Å². The van der Waals surface area contributed by atoms with Gasteiger partial charge in [-0.15, -0.1) is 11.3 Å². The van der Waals surface area contributed by atoms with Crippen LogP contribution >= 0.6 is 22.9 Å². The molecule has 1 N–H and O–H groups in total. The highest BCUT2D eigenvalue weighted by Crippen LogP contribution is 2.35. The minimum atomic E-state index is -0.881. The summed E-state index contributed by atoms with van der Waals surface area (Å²) in [7, 11) is -0.881. The lowest BCUT2D eigenvalue weighted by atomic mass is 9.95. The van der Waals surface area contributed by atoms with Crippen LogP contribution in [0.5, 0.6) is 0 Å². The number of carbonyl (C=O) groups is 1. The van der Waals surface area contributed by atoms with E-state index in [0.29, 0.717) is 15.7 Å². The maximum Gasteiger partial charge on any atom is 0.263 e. The molecule has 1 fully saturated rings. The topological polar surface area (TPSA) is 46.2 Å². The molecule has 23 heavy (non-hydrogen) atoms. The number of fused-ring (bicyclic) bond motifs is 1. The van der Waals surface area contributed by atoms with Gasteiger partial charge in [0.2, 0.25) is 0 Å². The molecule has 1 saturated carbocycles. The standard InChI is InChI=1S/C17H20ClNO2S2/c1-2-23(21)14-10-6-4-8-12(14)19-17(20)16-15(18)11-7-3-5-9-13(11)22-16/h3,5,7,9,12,14H,2,4,6,8,10H2,1H3,(H,19,20)/t12-,14+,23+/m1/s1. The Kier molecular flexibility index (Phi) is 5.39. The van der Waals surface area contributed by atoms with E-state index in [1.165, 1.54) is 11.3 Å². The van der Waals surface area contributed by atoms with Crippen LogP contribution in [0.4, 0.5) is 0 Å². The van der Waals surface area contributed by atoms with Crippen molar-refractivity contribution in [3.63, 3.8) is 0 Å². The van der Waals surface area contributed by atoms with Gasteiger partial charge in [-0.25, -0.2) is 0 Å². The van der Waals surface area contributed by atoms with Crippen molar-refractivity contribution >= 4 is 49.7 Å². The summed E-state index contributed by atoms with van der Waals surface area (Å²) in [6.07, 6.45) is 3.98. The first-order valence-electron chi connectivity index (χ1n) is 7.97. The average Bonchev–Trinajstić information content (AvgIpc) is 2.92. The van der Waals surface area contributed by atoms with Crippen LogP contribution in [-0.4, -0.2) is 27.2 Å². The number of amides is 1. The predicted octanol–water partition coefficient (Wildman–Crippen LogP) is 4.36. The number of carbonyl (C=O) groups excluding carboxylic acids is 1. The van der Waals surface area contributed by atoms with E-state index in [1.54, 1.807) is 0 Å². The second-order valence-corrected chi connectivity index (χ2v) is 9.19. The van der Waals surface area contributed by atoms with E-state index in [-0.39, 0.29) is 17.2 Å². The molecule has 1 aromatic carbocycles. The van der Waals surface area contributed by atoms with Gasteiger partial charge in [-0.2, -0.15) is 0 Å². The highest BCUT2D eigenvalue weighted by Gasteiger charge is 2.31. The van der Waals surface area contributed by atoms with Crippen molar-refractivity contribution in [2.75, 3.05) is 5.75 Å². The van der Waals surface area contributed by atoms with Gasteiger partial charge < -0.3 is 5.32 Å². The molecule has 0 unspecified atom stereocenters. The Morgan fingerprint density at radius 1 is 1.35 bits per heavy atom. The smallest absolute Gasteiger partial charge is 0.263 e. The zero-order valence-corrected chi connectivity index (χ0v) is 15.4. The van der Waals surface area contributed by atoms with Crippen LogP contribution in [0.25, 0.3) is 10.1 Å². The number of hydrogen-bond acceptors (Lipinski definition) is 3. The lowest BCUT2D eigenvalue weighted by Crippen LogP contribution is -2.47. The highest BCUT2D eigenvalue weighted by molar-refractivity contribution is 7.85. The largest absolute Gasteiger partial charge is 0.347 e. The zero-order valence-electron chi connectivity index (χ0n) is 13.0. The molecule has 1 amide bonds. The first kappa shape index (κ1) is 16.9. The average molecular weight is 370 g/mol. The van der Waals surface area contributed by atoms with Gasteiger partial charge in [0.25, 0.3) is 5.91 Å². The lowest BCUT2D eigenvalue weighted by molar-refractivity contribution is 0.0933. The van der Waals surface area contributed by atoms with E-state index in [2.05, 4.69) is 5.32 Å². The molecule has 124 valence electrons. The van der Waals surface area contributed by atoms with Crippen LogP contribution in [-0.2, 0) is 10.8 Å². The normalized spacial score (nSPS) is 22.9. The fraction of sp³-hybridized carbons (Fsp3) is 0.471. The van der Waals surface area contributed by atoms with Crippen LogP contribution in [0.2, 0.25) is 5.02 Å². The maximum atomic E-state index is 12.7. The number of nitrogens with one attached hydrogen (secondary N) is 1. The molecule has 1 aliphatic carbocycles. The van der Waals surface area contributed by atoms with Crippen LogP contribution in [0.1, 0.15) is 42.3 Å². The van der Waals surface area contributed by atoms with Gasteiger partial charge >= 0.3 is 0 Å². The molecule has 0 saturated heterocycles. The first-order chi connectivity index (χ1) is 11.1. The van der Waals surface area contributed by atoms with Gasteiger partial charge in [-0.1, -0.05) is 49.6 Å². The van der Waals surface area contributed by atoms with Gasteiger partial charge in [0, 0.05) is 32.7 Å². The van der Waals surface area contributed by atoms with Crippen molar-refractivity contribution in [1.82, 2.24) is 5.32 Å². The second-order valence-electron chi connectivity index (χ2n) is 5.81. The Labute approximate surface area is 147 Å². The molecular formula is C17H20ClNO2S2.